The molecule has 7 nitrogen and oxygen atoms in total. The molecule has 7 heteroatoms. The van der Waals surface area contributed by atoms with Gasteiger partial charge in [-0.3, -0.25) is 4.79 Å². The number of fused-ring (bicyclic) bond motifs is 1. The van der Waals surface area contributed by atoms with Gasteiger partial charge in [-0.25, -0.2) is 9.98 Å². The van der Waals surface area contributed by atoms with Crippen LogP contribution < -0.4 is 20.7 Å². The van der Waals surface area contributed by atoms with Gasteiger partial charge >= 0.3 is 0 Å². The molecule has 0 bridgehead atoms. The molecule has 0 spiro atoms. The minimum absolute atomic E-state index is 0.0450. The number of pyridine rings is 1. The number of carbonyl (C=O) groups excluding carboxylic acids is 1. The highest BCUT2D eigenvalue weighted by atomic mass is 16.5. The Balaban J connectivity index is 1.44. The summed E-state index contributed by atoms with van der Waals surface area (Å²) in [6.07, 6.45) is 1.24. The van der Waals surface area contributed by atoms with Crippen LogP contribution in [0.3, 0.4) is 0 Å². The molecule has 0 radical (unpaired) electrons. The van der Waals surface area contributed by atoms with E-state index >= 15 is 0 Å². The molecule has 3 rings (SSSR count). The Kier molecular flexibility index (Phi) is 6.84. The number of aliphatic imine (C=N–C) groups is 1. The third-order valence-corrected chi connectivity index (χ3v) is 4.31. The molecule has 1 unspecified atom stereocenters. The van der Waals surface area contributed by atoms with Gasteiger partial charge in [-0.1, -0.05) is 24.3 Å². The van der Waals surface area contributed by atoms with Crippen LogP contribution in [0, 0.1) is 6.92 Å². The number of para-hydroxylation sites is 1. The molecule has 1 aromatic carbocycles. The summed E-state index contributed by atoms with van der Waals surface area (Å²) < 4.78 is 5.92. The smallest absolute Gasteiger partial charge is 0.227 e. The maximum Gasteiger partial charge on any atom is 0.227 e. The fourth-order valence-corrected chi connectivity index (χ4v) is 3.00. The molecular formula is C21H27N5O2. The molecule has 2 heterocycles. The number of aryl methyl sites for hydroxylation is 1. The Morgan fingerprint density at radius 1 is 1.21 bits per heavy atom. The standard InChI is InChI=1S/C21H27N5O2/c1-3-22-21(24-14-17-13-16-8-4-5-9-18(16)28-17)23-12-11-20(27)26-19-10-6-7-15(2)25-19/h4-10,17H,3,11-14H2,1-2H3,(H2,22,23,24)(H,25,26,27). The van der Waals surface area contributed by atoms with Crippen molar-refractivity contribution < 1.29 is 9.53 Å². The second kappa shape index (κ2) is 9.73. The van der Waals surface area contributed by atoms with E-state index in [0.29, 0.717) is 31.3 Å². The first kappa shape index (κ1) is 19.7. The van der Waals surface area contributed by atoms with Crippen molar-refractivity contribution in [3.63, 3.8) is 0 Å². The molecule has 1 aromatic heterocycles. The Hall–Kier alpha value is -3.09. The van der Waals surface area contributed by atoms with Crippen molar-refractivity contribution in [2.45, 2.75) is 32.8 Å². The van der Waals surface area contributed by atoms with E-state index in [1.165, 1.54) is 5.56 Å². The van der Waals surface area contributed by atoms with E-state index in [1.54, 1.807) is 6.07 Å². The van der Waals surface area contributed by atoms with Crippen molar-refractivity contribution in [3.05, 3.63) is 53.7 Å². The Morgan fingerprint density at radius 2 is 2.07 bits per heavy atom. The lowest BCUT2D eigenvalue weighted by Gasteiger charge is -2.13. The first-order valence-electron chi connectivity index (χ1n) is 9.64. The molecule has 148 valence electrons. The second-order valence-corrected chi connectivity index (χ2v) is 6.66. The predicted molar refractivity (Wildman–Crippen MR) is 111 cm³/mol. The fraction of sp³-hybridized carbons (Fsp3) is 0.381. The molecule has 28 heavy (non-hydrogen) atoms. The lowest BCUT2D eigenvalue weighted by atomic mass is 10.1. The van der Waals surface area contributed by atoms with Crippen molar-refractivity contribution in [2.24, 2.45) is 4.99 Å². The monoisotopic (exact) mass is 381 g/mol. The summed E-state index contributed by atoms with van der Waals surface area (Å²) in [6.45, 7) is 5.69. The summed E-state index contributed by atoms with van der Waals surface area (Å²) in [4.78, 5) is 21.0. The topological polar surface area (TPSA) is 87.6 Å². The number of anilines is 1. The van der Waals surface area contributed by atoms with Crippen LogP contribution in [0.15, 0.2) is 47.5 Å². The number of rotatable bonds is 7. The number of carbonyl (C=O) groups is 1. The van der Waals surface area contributed by atoms with Crippen molar-refractivity contribution in [3.8, 4) is 5.75 Å². The SMILES string of the molecule is CCNC(=NCC1Cc2ccccc2O1)NCCC(=O)Nc1cccc(C)n1. The molecular weight excluding hydrogens is 354 g/mol. The highest BCUT2D eigenvalue weighted by Crippen LogP contribution is 2.28. The minimum Gasteiger partial charge on any atom is -0.488 e. The van der Waals surface area contributed by atoms with E-state index in [2.05, 4.69) is 32.0 Å². The lowest BCUT2D eigenvalue weighted by molar-refractivity contribution is -0.116. The maximum atomic E-state index is 12.1. The number of nitrogens with one attached hydrogen (secondary N) is 3. The van der Waals surface area contributed by atoms with Gasteiger partial charge in [0.2, 0.25) is 5.91 Å². The molecule has 0 fully saturated rings. The number of amides is 1. The predicted octanol–water partition coefficient (Wildman–Crippen LogP) is 2.28. The summed E-state index contributed by atoms with van der Waals surface area (Å²) in [5.41, 5.74) is 2.09. The zero-order valence-electron chi connectivity index (χ0n) is 16.4. The number of guanidine groups is 1. The number of benzene rings is 1. The highest BCUT2D eigenvalue weighted by molar-refractivity contribution is 5.90. The van der Waals surface area contributed by atoms with E-state index in [-0.39, 0.29) is 12.0 Å². The Bertz CT molecular complexity index is 812. The van der Waals surface area contributed by atoms with Crippen LogP contribution in [0.5, 0.6) is 5.75 Å². The van der Waals surface area contributed by atoms with Crippen molar-refractivity contribution in [2.75, 3.05) is 25.0 Å². The van der Waals surface area contributed by atoms with Gasteiger partial charge in [0, 0.05) is 31.6 Å². The first-order valence-corrected chi connectivity index (χ1v) is 9.64. The van der Waals surface area contributed by atoms with Crippen LogP contribution in [0.1, 0.15) is 24.6 Å². The normalized spacial score (nSPS) is 15.5. The van der Waals surface area contributed by atoms with E-state index in [9.17, 15) is 4.79 Å². The summed E-state index contributed by atoms with van der Waals surface area (Å²) in [5, 5.41) is 9.20. The summed E-state index contributed by atoms with van der Waals surface area (Å²) in [6, 6.07) is 13.6. The summed E-state index contributed by atoms with van der Waals surface area (Å²) >= 11 is 0. The zero-order chi connectivity index (χ0) is 19.8. The van der Waals surface area contributed by atoms with Crippen molar-refractivity contribution >= 4 is 17.7 Å². The van der Waals surface area contributed by atoms with E-state index in [1.807, 2.05) is 44.2 Å². The van der Waals surface area contributed by atoms with Crippen LogP contribution >= 0.6 is 0 Å². The third kappa shape index (κ3) is 5.70. The van der Waals surface area contributed by atoms with E-state index in [0.717, 1.165) is 24.4 Å². The third-order valence-electron chi connectivity index (χ3n) is 4.31. The van der Waals surface area contributed by atoms with E-state index < -0.39 is 0 Å². The Morgan fingerprint density at radius 3 is 2.86 bits per heavy atom. The highest BCUT2D eigenvalue weighted by Gasteiger charge is 2.21. The van der Waals surface area contributed by atoms with Crippen molar-refractivity contribution in [1.29, 1.82) is 0 Å². The van der Waals surface area contributed by atoms with Gasteiger partial charge in [-0.15, -0.1) is 0 Å². The van der Waals surface area contributed by atoms with Crippen LogP contribution in [0.25, 0.3) is 0 Å². The average molecular weight is 381 g/mol. The molecule has 1 aliphatic rings. The molecule has 1 atom stereocenters. The van der Waals surface area contributed by atoms with Gasteiger partial charge in [0.25, 0.3) is 0 Å². The number of ether oxygens (including phenoxy) is 1. The molecule has 0 saturated carbocycles. The molecule has 1 aliphatic heterocycles. The van der Waals surface area contributed by atoms with Crippen molar-refractivity contribution in [1.82, 2.24) is 15.6 Å². The number of hydrogen-bond donors (Lipinski definition) is 3. The lowest BCUT2D eigenvalue weighted by Crippen LogP contribution is -2.39. The minimum atomic E-state index is -0.0870. The molecule has 0 aliphatic carbocycles. The molecule has 2 aromatic rings. The van der Waals surface area contributed by atoms with Crippen LogP contribution in [0.4, 0.5) is 5.82 Å². The van der Waals surface area contributed by atoms with Gasteiger partial charge in [0.05, 0.1) is 6.54 Å². The van der Waals surface area contributed by atoms with Gasteiger partial charge in [0.1, 0.15) is 17.7 Å². The molecule has 1 amide bonds. The zero-order valence-corrected chi connectivity index (χ0v) is 16.4. The van der Waals surface area contributed by atoms with Gasteiger partial charge in [-0.2, -0.15) is 0 Å². The Labute approximate surface area is 165 Å². The van der Waals surface area contributed by atoms with Crippen LogP contribution in [-0.2, 0) is 11.2 Å². The van der Waals surface area contributed by atoms with Gasteiger partial charge in [-0.05, 0) is 37.6 Å². The molecule has 3 N–H and O–H groups in total. The van der Waals surface area contributed by atoms with Crippen LogP contribution in [-0.4, -0.2) is 42.6 Å². The first-order chi connectivity index (χ1) is 13.6. The number of nitrogens with zero attached hydrogens (tertiary/aromatic N) is 2. The fourth-order valence-electron chi connectivity index (χ4n) is 3.00. The van der Waals surface area contributed by atoms with Crippen LogP contribution in [0.2, 0.25) is 0 Å². The molecule has 0 saturated heterocycles. The van der Waals surface area contributed by atoms with Gasteiger partial charge < -0.3 is 20.7 Å². The summed E-state index contributed by atoms with van der Waals surface area (Å²) in [7, 11) is 0. The number of hydrogen-bond acceptors (Lipinski definition) is 4. The quantitative estimate of drug-likeness (QED) is 0.506. The second-order valence-electron chi connectivity index (χ2n) is 6.66. The van der Waals surface area contributed by atoms with Gasteiger partial charge in [0.15, 0.2) is 5.96 Å². The largest absolute Gasteiger partial charge is 0.488 e. The van der Waals surface area contributed by atoms with E-state index in [4.69, 9.17) is 4.74 Å². The number of aromatic nitrogens is 1. The maximum absolute atomic E-state index is 12.1. The summed E-state index contributed by atoms with van der Waals surface area (Å²) in [5.74, 6) is 2.12. The average Bonchev–Trinajstić information content (AvgIpc) is 3.09.